The van der Waals surface area contributed by atoms with E-state index in [0.29, 0.717) is 24.6 Å². The zero-order valence-electron chi connectivity index (χ0n) is 14.5. The van der Waals surface area contributed by atoms with Gasteiger partial charge in [0.15, 0.2) is 0 Å². The molecule has 1 fully saturated rings. The Labute approximate surface area is 139 Å². The monoisotopic (exact) mass is 315 g/mol. The summed E-state index contributed by atoms with van der Waals surface area (Å²) in [7, 11) is 0. The van der Waals surface area contributed by atoms with Crippen molar-refractivity contribution < 1.29 is 4.79 Å². The second-order valence-electron chi connectivity index (χ2n) is 6.72. The molecule has 0 saturated heterocycles. The minimum Gasteiger partial charge on any atom is -0.367 e. The molecular weight excluding hydrogens is 286 g/mol. The minimum atomic E-state index is 0.130. The van der Waals surface area contributed by atoms with Crippen molar-refractivity contribution in [3.63, 3.8) is 0 Å². The first-order valence-corrected chi connectivity index (χ1v) is 8.87. The Bertz CT molecular complexity index is 546. The average molecular weight is 315 g/mol. The first-order chi connectivity index (χ1) is 11.1. The molecule has 126 valence electrons. The molecule has 0 unspecified atom stereocenters. The molecule has 1 aromatic heterocycles. The minimum absolute atomic E-state index is 0.130. The molecule has 1 aliphatic rings. The molecule has 1 aliphatic carbocycles. The molecule has 4 heteroatoms. The number of anilines is 1. The van der Waals surface area contributed by atoms with Gasteiger partial charge in [-0.3, -0.25) is 0 Å². The van der Waals surface area contributed by atoms with Crippen molar-refractivity contribution in [1.29, 1.82) is 5.41 Å². The first-order valence-electron chi connectivity index (χ1n) is 8.87. The maximum atomic E-state index is 11.2. The van der Waals surface area contributed by atoms with Crippen LogP contribution in [-0.4, -0.2) is 22.5 Å². The summed E-state index contributed by atoms with van der Waals surface area (Å²) in [5.74, 6) is 0.954. The third kappa shape index (κ3) is 5.45. The molecule has 23 heavy (non-hydrogen) atoms. The standard InChI is InChI=1S/C19H29N3O/c1-14-12-13-21-19(18(14)17(20)11-10-15(2)23)22-16-8-6-4-3-5-7-9-16/h12-13,16,20H,3-11H2,1-2H3,(H,21,22). The third-order valence-electron chi connectivity index (χ3n) is 4.63. The summed E-state index contributed by atoms with van der Waals surface area (Å²) in [5.41, 5.74) is 2.46. The molecule has 1 heterocycles. The molecule has 0 bridgehead atoms. The zero-order valence-corrected chi connectivity index (χ0v) is 14.5. The molecule has 0 aromatic carbocycles. The number of carbonyl (C=O) groups is 1. The zero-order chi connectivity index (χ0) is 16.7. The van der Waals surface area contributed by atoms with Gasteiger partial charge in [-0.15, -0.1) is 0 Å². The van der Waals surface area contributed by atoms with E-state index in [1.807, 2.05) is 19.2 Å². The predicted octanol–water partition coefficient (Wildman–Crippen LogP) is 4.65. The number of nitrogens with one attached hydrogen (secondary N) is 2. The largest absolute Gasteiger partial charge is 0.367 e. The van der Waals surface area contributed by atoms with Gasteiger partial charge in [-0.25, -0.2) is 4.98 Å². The van der Waals surface area contributed by atoms with Crippen molar-refractivity contribution >= 4 is 17.3 Å². The molecule has 1 saturated carbocycles. The summed E-state index contributed by atoms with van der Waals surface area (Å²) in [6.07, 6.45) is 11.6. The lowest BCUT2D eigenvalue weighted by molar-refractivity contribution is -0.116. The fourth-order valence-corrected chi connectivity index (χ4v) is 3.27. The van der Waals surface area contributed by atoms with E-state index in [4.69, 9.17) is 5.41 Å². The van der Waals surface area contributed by atoms with Crippen LogP contribution >= 0.6 is 0 Å². The van der Waals surface area contributed by atoms with E-state index in [1.54, 1.807) is 6.92 Å². The van der Waals surface area contributed by atoms with Crippen molar-refractivity contribution in [3.8, 4) is 0 Å². The summed E-state index contributed by atoms with van der Waals surface area (Å²) < 4.78 is 0. The number of pyridine rings is 1. The van der Waals surface area contributed by atoms with E-state index in [1.165, 1.54) is 44.9 Å². The van der Waals surface area contributed by atoms with Crippen LogP contribution in [0.3, 0.4) is 0 Å². The Hall–Kier alpha value is -1.71. The highest BCUT2D eigenvalue weighted by atomic mass is 16.1. The molecule has 0 amide bonds. The Morgan fingerprint density at radius 2 is 1.87 bits per heavy atom. The van der Waals surface area contributed by atoms with Crippen molar-refractivity contribution in [2.75, 3.05) is 5.32 Å². The van der Waals surface area contributed by atoms with E-state index in [0.717, 1.165) is 16.9 Å². The smallest absolute Gasteiger partial charge is 0.135 e. The number of nitrogens with zero attached hydrogens (tertiary/aromatic N) is 1. The van der Waals surface area contributed by atoms with E-state index in [2.05, 4.69) is 10.3 Å². The van der Waals surface area contributed by atoms with E-state index < -0.39 is 0 Å². The fraction of sp³-hybridized carbons (Fsp3) is 0.632. The van der Waals surface area contributed by atoms with Gasteiger partial charge in [-0.1, -0.05) is 32.1 Å². The van der Waals surface area contributed by atoms with Gasteiger partial charge in [0.1, 0.15) is 11.6 Å². The van der Waals surface area contributed by atoms with Crippen molar-refractivity contribution in [2.45, 2.75) is 77.7 Å². The van der Waals surface area contributed by atoms with Crippen molar-refractivity contribution in [2.24, 2.45) is 0 Å². The van der Waals surface area contributed by atoms with Gasteiger partial charge in [-0.2, -0.15) is 0 Å². The lowest BCUT2D eigenvalue weighted by Gasteiger charge is -2.23. The molecule has 0 radical (unpaired) electrons. The van der Waals surface area contributed by atoms with Gasteiger partial charge in [0.05, 0.1) is 0 Å². The number of hydrogen-bond acceptors (Lipinski definition) is 4. The number of hydrogen-bond donors (Lipinski definition) is 2. The lowest BCUT2D eigenvalue weighted by atomic mass is 9.95. The molecule has 2 N–H and O–H groups in total. The number of aryl methyl sites for hydroxylation is 1. The van der Waals surface area contributed by atoms with Gasteiger partial charge in [0.25, 0.3) is 0 Å². The van der Waals surface area contributed by atoms with Gasteiger partial charge in [0.2, 0.25) is 0 Å². The Balaban J connectivity index is 2.12. The highest BCUT2D eigenvalue weighted by Gasteiger charge is 2.17. The topological polar surface area (TPSA) is 65.8 Å². The quantitative estimate of drug-likeness (QED) is 0.751. The molecular formula is C19H29N3O. The van der Waals surface area contributed by atoms with E-state index in [9.17, 15) is 4.79 Å². The Kier molecular flexibility index (Phi) is 6.75. The molecule has 1 aromatic rings. The third-order valence-corrected chi connectivity index (χ3v) is 4.63. The maximum Gasteiger partial charge on any atom is 0.135 e. The molecule has 0 aliphatic heterocycles. The average Bonchev–Trinajstić information content (AvgIpc) is 2.47. The van der Waals surface area contributed by atoms with Crippen LogP contribution in [0.15, 0.2) is 12.3 Å². The van der Waals surface area contributed by atoms with Crippen LogP contribution in [0, 0.1) is 12.3 Å². The fourth-order valence-electron chi connectivity index (χ4n) is 3.27. The molecule has 4 nitrogen and oxygen atoms in total. The number of carbonyl (C=O) groups excluding carboxylic acids is 1. The van der Waals surface area contributed by atoms with Crippen LogP contribution in [-0.2, 0) is 4.79 Å². The number of aromatic nitrogens is 1. The maximum absolute atomic E-state index is 11.2. The number of rotatable bonds is 6. The van der Waals surface area contributed by atoms with Crippen LogP contribution < -0.4 is 5.32 Å². The van der Waals surface area contributed by atoms with E-state index in [-0.39, 0.29) is 5.78 Å². The van der Waals surface area contributed by atoms with Crippen LogP contribution in [0.5, 0.6) is 0 Å². The van der Waals surface area contributed by atoms with Gasteiger partial charge >= 0.3 is 0 Å². The summed E-state index contributed by atoms with van der Waals surface area (Å²) in [5, 5.41) is 12.0. The van der Waals surface area contributed by atoms with Gasteiger partial charge < -0.3 is 15.5 Å². The highest BCUT2D eigenvalue weighted by Crippen LogP contribution is 2.24. The normalized spacial score (nSPS) is 16.4. The van der Waals surface area contributed by atoms with Crippen LogP contribution in [0.1, 0.15) is 75.8 Å². The summed E-state index contributed by atoms with van der Waals surface area (Å²) in [6, 6.07) is 2.39. The van der Waals surface area contributed by atoms with Crippen molar-refractivity contribution in [3.05, 3.63) is 23.4 Å². The van der Waals surface area contributed by atoms with Crippen molar-refractivity contribution in [1.82, 2.24) is 4.98 Å². The van der Waals surface area contributed by atoms with Gasteiger partial charge in [-0.05, 0) is 44.7 Å². The molecule has 0 atom stereocenters. The van der Waals surface area contributed by atoms with Crippen LogP contribution in [0.2, 0.25) is 0 Å². The number of ketones is 1. The van der Waals surface area contributed by atoms with E-state index >= 15 is 0 Å². The summed E-state index contributed by atoms with van der Waals surface area (Å²) in [4.78, 5) is 15.7. The number of Topliss-reactive ketones (excluding diaryl/α,β-unsaturated/α-hetero) is 1. The predicted molar refractivity (Wildman–Crippen MR) is 95.4 cm³/mol. The first kappa shape index (κ1) is 17.6. The molecule has 2 rings (SSSR count). The molecule has 0 spiro atoms. The summed E-state index contributed by atoms with van der Waals surface area (Å²) >= 11 is 0. The Morgan fingerprint density at radius 1 is 1.22 bits per heavy atom. The summed E-state index contributed by atoms with van der Waals surface area (Å²) in [6.45, 7) is 3.60. The SMILES string of the molecule is CC(=O)CCC(=N)c1c(C)ccnc1NC1CCCCCCC1. The second-order valence-corrected chi connectivity index (χ2v) is 6.72. The lowest BCUT2D eigenvalue weighted by Crippen LogP contribution is -2.23. The highest BCUT2D eigenvalue weighted by molar-refractivity contribution is 6.04. The van der Waals surface area contributed by atoms with Crippen LogP contribution in [0.25, 0.3) is 0 Å². The Morgan fingerprint density at radius 3 is 2.52 bits per heavy atom. The second kappa shape index (κ2) is 8.80. The van der Waals surface area contributed by atoms with Gasteiger partial charge in [0, 0.05) is 29.9 Å². The van der Waals surface area contributed by atoms with Crippen LogP contribution in [0.4, 0.5) is 5.82 Å².